The van der Waals surface area contributed by atoms with Crippen LogP contribution in [0.25, 0.3) is 22.6 Å². The fourth-order valence-corrected chi connectivity index (χ4v) is 3.44. The summed E-state index contributed by atoms with van der Waals surface area (Å²) in [6, 6.07) is 15.9. The summed E-state index contributed by atoms with van der Waals surface area (Å²) in [4.78, 5) is 16.1. The summed E-state index contributed by atoms with van der Waals surface area (Å²) in [5, 5.41) is 9.68. The molecule has 0 fully saturated rings. The summed E-state index contributed by atoms with van der Waals surface area (Å²) >= 11 is 3.27. The molecule has 0 aliphatic heterocycles. The largest absolute Gasteiger partial charge is 0.478 e. The summed E-state index contributed by atoms with van der Waals surface area (Å²) < 4.78 is 51.9. The van der Waals surface area contributed by atoms with Gasteiger partial charge in [0.05, 0.1) is 11.1 Å². The number of para-hydroxylation sites is 2. The van der Waals surface area contributed by atoms with E-state index in [0.29, 0.717) is 21.1 Å². The number of alkyl halides is 3. The number of aliphatic carboxylic acids is 1. The topological polar surface area (TPSA) is 72.6 Å². The molecule has 0 saturated heterocycles. The van der Waals surface area contributed by atoms with E-state index in [1.807, 2.05) is 0 Å². The predicted molar refractivity (Wildman–Crippen MR) is 110 cm³/mol. The minimum atomic E-state index is -4.62. The van der Waals surface area contributed by atoms with Gasteiger partial charge in [-0.2, -0.15) is 13.2 Å². The van der Waals surface area contributed by atoms with E-state index >= 15 is 0 Å². The number of hydrogen-bond acceptors (Lipinski definition) is 4. The molecule has 0 amide bonds. The van der Waals surface area contributed by atoms with Gasteiger partial charge in [-0.1, -0.05) is 40.2 Å². The number of hydrogen-bond donors (Lipinski definition) is 1. The van der Waals surface area contributed by atoms with Crippen molar-refractivity contribution in [3.05, 3.63) is 82.3 Å². The van der Waals surface area contributed by atoms with Gasteiger partial charge in [0.25, 0.3) is 0 Å². The van der Waals surface area contributed by atoms with E-state index < -0.39 is 23.8 Å². The summed E-state index contributed by atoms with van der Waals surface area (Å²) in [5.74, 6) is -1.52. The highest BCUT2D eigenvalue weighted by atomic mass is 79.9. The zero-order valence-electron chi connectivity index (χ0n) is 15.6. The summed E-state index contributed by atoms with van der Waals surface area (Å²) in [6.45, 7) is 0. The van der Waals surface area contributed by atoms with E-state index in [1.165, 1.54) is 0 Å². The van der Waals surface area contributed by atoms with Crippen LogP contribution in [0.3, 0.4) is 0 Å². The van der Waals surface area contributed by atoms with Gasteiger partial charge in [-0.05, 0) is 42.5 Å². The fourth-order valence-electron chi connectivity index (χ4n) is 3.02. The minimum Gasteiger partial charge on any atom is -0.478 e. The Morgan fingerprint density at radius 3 is 2.52 bits per heavy atom. The van der Waals surface area contributed by atoms with Crippen molar-refractivity contribution in [1.29, 1.82) is 0 Å². The van der Waals surface area contributed by atoms with Crippen LogP contribution in [0.1, 0.15) is 17.2 Å². The van der Waals surface area contributed by atoms with Crippen LogP contribution in [-0.4, -0.2) is 16.1 Å². The van der Waals surface area contributed by atoms with Crippen molar-refractivity contribution in [2.45, 2.75) is 12.3 Å². The Balaban J connectivity index is 1.83. The van der Waals surface area contributed by atoms with Gasteiger partial charge in [0, 0.05) is 10.0 Å². The maximum Gasteiger partial charge on any atom is 0.416 e. The molecule has 4 rings (SSSR count). The van der Waals surface area contributed by atoms with E-state index in [-0.39, 0.29) is 17.2 Å². The highest BCUT2D eigenvalue weighted by Gasteiger charge is 2.33. The molecular weight excluding hydrogens is 479 g/mol. The predicted octanol–water partition coefficient (Wildman–Crippen LogP) is 6.48. The smallest absolute Gasteiger partial charge is 0.416 e. The highest BCUT2D eigenvalue weighted by Crippen LogP contribution is 2.39. The van der Waals surface area contributed by atoms with E-state index in [0.717, 1.165) is 18.2 Å². The van der Waals surface area contributed by atoms with Gasteiger partial charge in [-0.15, -0.1) is 0 Å². The molecule has 0 aliphatic rings. The molecule has 1 aromatic heterocycles. The number of benzene rings is 3. The zero-order valence-corrected chi connectivity index (χ0v) is 17.1. The number of oxazole rings is 1. The van der Waals surface area contributed by atoms with Crippen LogP contribution in [0.5, 0.6) is 5.75 Å². The van der Waals surface area contributed by atoms with Gasteiger partial charge >= 0.3 is 12.1 Å². The molecule has 9 heteroatoms. The number of aromatic nitrogens is 1. The number of fused-ring (bicyclic) bond motifs is 1. The molecule has 1 atom stereocenters. The third-order valence-electron chi connectivity index (χ3n) is 4.45. The quantitative estimate of drug-likeness (QED) is 0.345. The number of carbonyl (C=O) groups is 1. The summed E-state index contributed by atoms with van der Waals surface area (Å²) in [5.41, 5.74) is 0.0919. The normalized spacial score (nSPS) is 12.6. The molecular formula is C22H13BrF3NO4. The molecule has 4 aromatic rings. The van der Waals surface area contributed by atoms with Gasteiger partial charge in [0.1, 0.15) is 11.3 Å². The molecule has 158 valence electrons. The molecule has 0 spiro atoms. The maximum absolute atomic E-state index is 13.3. The van der Waals surface area contributed by atoms with Gasteiger partial charge in [-0.3, -0.25) is 0 Å². The highest BCUT2D eigenvalue weighted by molar-refractivity contribution is 9.10. The van der Waals surface area contributed by atoms with E-state index in [4.69, 9.17) is 9.15 Å². The Bertz CT molecular complexity index is 1240. The van der Waals surface area contributed by atoms with Crippen LogP contribution in [-0.2, 0) is 11.0 Å². The van der Waals surface area contributed by atoms with Gasteiger partial charge < -0.3 is 14.3 Å². The number of ether oxygens (including phenoxy) is 1. The molecule has 0 radical (unpaired) electrons. The van der Waals surface area contributed by atoms with Crippen LogP contribution in [0.2, 0.25) is 0 Å². The second-order valence-corrected chi connectivity index (χ2v) is 7.50. The fraction of sp³-hybridized carbons (Fsp3) is 0.0909. The van der Waals surface area contributed by atoms with Crippen LogP contribution in [0.4, 0.5) is 13.2 Å². The first-order valence-electron chi connectivity index (χ1n) is 8.94. The van der Waals surface area contributed by atoms with E-state index in [9.17, 15) is 23.1 Å². The monoisotopic (exact) mass is 491 g/mol. The molecule has 5 nitrogen and oxygen atoms in total. The second kappa shape index (κ2) is 8.07. The Kier molecular flexibility index (Phi) is 5.45. The molecule has 0 bridgehead atoms. The first-order valence-corrected chi connectivity index (χ1v) is 9.74. The van der Waals surface area contributed by atoms with E-state index in [2.05, 4.69) is 20.9 Å². The average Bonchev–Trinajstić information content (AvgIpc) is 3.15. The lowest BCUT2D eigenvalue weighted by Crippen LogP contribution is -2.18. The molecule has 1 heterocycles. The first kappa shape index (κ1) is 20.9. The average molecular weight is 492 g/mol. The van der Waals surface area contributed by atoms with Crippen LogP contribution >= 0.6 is 15.9 Å². The van der Waals surface area contributed by atoms with Crippen molar-refractivity contribution in [3.8, 4) is 17.2 Å². The Morgan fingerprint density at radius 1 is 1.06 bits per heavy atom. The number of carboxylic acid groups (broad SMARTS) is 1. The van der Waals surface area contributed by atoms with Crippen LogP contribution < -0.4 is 4.74 Å². The van der Waals surface area contributed by atoms with Crippen molar-refractivity contribution in [2.24, 2.45) is 0 Å². The summed E-state index contributed by atoms with van der Waals surface area (Å²) in [6.07, 6.45) is -6.08. The third kappa shape index (κ3) is 4.41. The van der Waals surface area contributed by atoms with Crippen molar-refractivity contribution >= 4 is 33.0 Å². The number of halogens is 4. The van der Waals surface area contributed by atoms with Crippen molar-refractivity contribution in [2.75, 3.05) is 0 Å². The van der Waals surface area contributed by atoms with E-state index in [1.54, 1.807) is 48.5 Å². The number of rotatable bonds is 5. The SMILES string of the molecule is O=C(O)C(Oc1ccc(C(F)(F)F)cc1-c1nc2ccccc2o1)c1cccc(Br)c1. The van der Waals surface area contributed by atoms with Crippen LogP contribution in [0, 0.1) is 0 Å². The van der Waals surface area contributed by atoms with Gasteiger partial charge in [-0.25, -0.2) is 9.78 Å². The molecule has 3 aromatic carbocycles. The van der Waals surface area contributed by atoms with Crippen molar-refractivity contribution in [3.63, 3.8) is 0 Å². The zero-order chi connectivity index (χ0) is 22.2. The third-order valence-corrected chi connectivity index (χ3v) is 4.94. The molecule has 0 saturated carbocycles. The first-order chi connectivity index (χ1) is 14.7. The number of nitrogens with zero attached hydrogens (tertiary/aromatic N) is 1. The Hall–Kier alpha value is -3.33. The molecule has 31 heavy (non-hydrogen) atoms. The molecule has 1 unspecified atom stereocenters. The Labute approximate surface area is 182 Å². The standard InChI is InChI=1S/C22H13BrF3NO4/c23-14-5-3-4-12(10-14)19(21(28)29)30-17-9-8-13(22(24,25)26)11-15(17)20-27-16-6-1-2-7-18(16)31-20/h1-11,19H,(H,28,29). The van der Waals surface area contributed by atoms with Crippen molar-refractivity contribution < 1.29 is 32.2 Å². The number of carboxylic acids is 1. The van der Waals surface area contributed by atoms with Crippen LogP contribution in [0.15, 0.2) is 75.6 Å². The minimum absolute atomic E-state index is 0.104. The Morgan fingerprint density at radius 2 is 1.84 bits per heavy atom. The lowest BCUT2D eigenvalue weighted by atomic mass is 10.1. The second-order valence-electron chi connectivity index (χ2n) is 6.59. The summed E-state index contributed by atoms with van der Waals surface area (Å²) in [7, 11) is 0. The lowest BCUT2D eigenvalue weighted by Gasteiger charge is -2.18. The lowest BCUT2D eigenvalue weighted by molar-refractivity contribution is -0.145. The van der Waals surface area contributed by atoms with Crippen molar-refractivity contribution in [1.82, 2.24) is 4.98 Å². The van der Waals surface area contributed by atoms with Gasteiger partial charge in [0.2, 0.25) is 12.0 Å². The van der Waals surface area contributed by atoms with Gasteiger partial charge in [0.15, 0.2) is 5.58 Å². The maximum atomic E-state index is 13.3. The molecule has 1 N–H and O–H groups in total. The molecule has 0 aliphatic carbocycles.